The molecule has 0 aromatic heterocycles. The van der Waals surface area contributed by atoms with Gasteiger partial charge < -0.3 is 14.6 Å². The van der Waals surface area contributed by atoms with Gasteiger partial charge in [0.05, 0.1) is 17.7 Å². The zero-order valence-corrected chi connectivity index (χ0v) is 8.01. The first-order valence-corrected chi connectivity index (χ1v) is 3.82. The summed E-state index contributed by atoms with van der Waals surface area (Å²) in [6.07, 6.45) is -0.505. The summed E-state index contributed by atoms with van der Waals surface area (Å²) in [5.74, 6) is -1.26. The Morgan fingerprint density at radius 2 is 1.92 bits per heavy atom. The Balaban J connectivity index is 4.14. The number of hydrogen-bond acceptors (Lipinski definition) is 3. The molecule has 3 heteroatoms. The molecule has 0 aliphatic carbocycles. The van der Waals surface area contributed by atoms with E-state index in [2.05, 4.69) is 6.58 Å². The molecule has 70 valence electrons. The molecule has 0 saturated heterocycles. The Bertz CT molecular complexity index is 188. The molecule has 0 rings (SSSR count). The van der Waals surface area contributed by atoms with Crippen LogP contribution in [0.4, 0.5) is 0 Å². The summed E-state index contributed by atoms with van der Waals surface area (Å²) in [5, 5.41) is 10.3. The molecule has 3 nitrogen and oxygen atoms in total. The molecule has 1 unspecified atom stereocenters. The van der Waals surface area contributed by atoms with Crippen LogP contribution in [0.2, 0.25) is 0 Å². The van der Waals surface area contributed by atoms with Crippen LogP contribution in [0.5, 0.6) is 0 Å². The van der Waals surface area contributed by atoms with Crippen LogP contribution >= 0.6 is 0 Å². The SMILES string of the molecule is C=C(C(=O)[O-])C(C)OC(C)(C)C. The van der Waals surface area contributed by atoms with Gasteiger partial charge in [-0.2, -0.15) is 0 Å². The summed E-state index contributed by atoms with van der Waals surface area (Å²) in [5.41, 5.74) is -0.387. The number of ether oxygens (including phenoxy) is 1. The molecule has 0 radical (unpaired) electrons. The molecule has 0 spiro atoms. The Morgan fingerprint density at radius 1 is 1.50 bits per heavy atom. The predicted molar refractivity (Wildman–Crippen MR) is 44.4 cm³/mol. The van der Waals surface area contributed by atoms with Crippen molar-refractivity contribution in [3.05, 3.63) is 12.2 Å². The molecular formula is C9H15O3-. The number of carbonyl (C=O) groups is 1. The summed E-state index contributed by atoms with van der Waals surface area (Å²) in [6.45, 7) is 10.6. The fourth-order valence-corrected chi connectivity index (χ4v) is 0.767. The van der Waals surface area contributed by atoms with Gasteiger partial charge in [0, 0.05) is 0 Å². The maximum Gasteiger partial charge on any atom is 0.0815 e. The highest BCUT2D eigenvalue weighted by molar-refractivity contribution is 5.84. The van der Waals surface area contributed by atoms with E-state index in [0.29, 0.717) is 0 Å². The van der Waals surface area contributed by atoms with Crippen molar-refractivity contribution in [3.8, 4) is 0 Å². The number of carboxylic acids is 1. The van der Waals surface area contributed by atoms with Crippen LogP contribution < -0.4 is 5.11 Å². The molecule has 0 saturated carbocycles. The second-order valence-corrected chi connectivity index (χ2v) is 3.69. The molecule has 0 N–H and O–H groups in total. The molecule has 0 aromatic carbocycles. The van der Waals surface area contributed by atoms with E-state index in [1.165, 1.54) is 0 Å². The topological polar surface area (TPSA) is 49.4 Å². The normalized spacial score (nSPS) is 14.0. The van der Waals surface area contributed by atoms with Gasteiger partial charge in [0.1, 0.15) is 0 Å². The van der Waals surface area contributed by atoms with E-state index in [1.54, 1.807) is 6.92 Å². The molecule has 0 heterocycles. The van der Waals surface area contributed by atoms with E-state index in [-0.39, 0.29) is 11.2 Å². The standard InChI is InChI=1S/C9H16O3/c1-6(8(10)11)7(2)12-9(3,4)5/h7H,1H2,2-5H3,(H,10,11)/p-1. The third-order valence-electron chi connectivity index (χ3n) is 1.28. The van der Waals surface area contributed by atoms with Crippen LogP contribution in [0.25, 0.3) is 0 Å². The lowest BCUT2D eigenvalue weighted by Crippen LogP contribution is -2.34. The Morgan fingerprint density at radius 3 is 2.17 bits per heavy atom. The average Bonchev–Trinajstić information content (AvgIpc) is 1.82. The van der Waals surface area contributed by atoms with E-state index >= 15 is 0 Å². The van der Waals surface area contributed by atoms with Crippen molar-refractivity contribution in [1.82, 2.24) is 0 Å². The van der Waals surface area contributed by atoms with Crippen molar-refractivity contribution < 1.29 is 14.6 Å². The minimum atomic E-state index is -1.26. The van der Waals surface area contributed by atoms with Crippen molar-refractivity contribution in [2.24, 2.45) is 0 Å². The second-order valence-electron chi connectivity index (χ2n) is 3.69. The Hall–Kier alpha value is -0.830. The van der Waals surface area contributed by atoms with Crippen molar-refractivity contribution in [3.63, 3.8) is 0 Å². The number of carboxylic acid groups (broad SMARTS) is 1. The van der Waals surface area contributed by atoms with Crippen LogP contribution in [-0.4, -0.2) is 17.7 Å². The van der Waals surface area contributed by atoms with Gasteiger partial charge in [-0.25, -0.2) is 0 Å². The van der Waals surface area contributed by atoms with E-state index < -0.39 is 12.1 Å². The van der Waals surface area contributed by atoms with Crippen molar-refractivity contribution >= 4 is 5.97 Å². The number of rotatable bonds is 3. The van der Waals surface area contributed by atoms with Crippen LogP contribution in [0.15, 0.2) is 12.2 Å². The zero-order chi connectivity index (χ0) is 9.94. The highest BCUT2D eigenvalue weighted by Gasteiger charge is 2.17. The molecule has 12 heavy (non-hydrogen) atoms. The summed E-state index contributed by atoms with van der Waals surface area (Å²) < 4.78 is 5.34. The Kier molecular flexibility index (Phi) is 3.46. The van der Waals surface area contributed by atoms with Gasteiger partial charge in [0.25, 0.3) is 0 Å². The third kappa shape index (κ3) is 4.13. The van der Waals surface area contributed by atoms with Gasteiger partial charge in [-0.05, 0) is 33.3 Å². The fraction of sp³-hybridized carbons (Fsp3) is 0.667. The van der Waals surface area contributed by atoms with Crippen LogP contribution in [0.3, 0.4) is 0 Å². The van der Waals surface area contributed by atoms with Gasteiger partial charge in [0.15, 0.2) is 0 Å². The summed E-state index contributed by atoms with van der Waals surface area (Å²) in [7, 11) is 0. The third-order valence-corrected chi connectivity index (χ3v) is 1.28. The van der Waals surface area contributed by atoms with Crippen molar-refractivity contribution in [1.29, 1.82) is 0 Å². The van der Waals surface area contributed by atoms with Crippen LogP contribution in [0.1, 0.15) is 27.7 Å². The van der Waals surface area contributed by atoms with Gasteiger partial charge in [0.2, 0.25) is 0 Å². The maximum atomic E-state index is 10.3. The van der Waals surface area contributed by atoms with Gasteiger partial charge in [-0.3, -0.25) is 0 Å². The molecule has 1 atom stereocenters. The molecule has 0 amide bonds. The average molecular weight is 171 g/mol. The van der Waals surface area contributed by atoms with E-state index in [9.17, 15) is 9.90 Å². The van der Waals surface area contributed by atoms with E-state index in [4.69, 9.17) is 4.74 Å². The number of carbonyl (C=O) groups excluding carboxylic acids is 1. The molecule has 0 aliphatic rings. The number of hydrogen-bond donors (Lipinski definition) is 0. The molecule has 0 fully saturated rings. The lowest BCUT2D eigenvalue weighted by molar-refractivity contribution is -0.300. The van der Waals surface area contributed by atoms with Crippen LogP contribution in [0, 0.1) is 0 Å². The lowest BCUT2D eigenvalue weighted by atomic mass is 10.1. The maximum absolute atomic E-state index is 10.3. The fourth-order valence-electron chi connectivity index (χ4n) is 0.767. The van der Waals surface area contributed by atoms with Gasteiger partial charge >= 0.3 is 0 Å². The zero-order valence-electron chi connectivity index (χ0n) is 8.01. The summed E-state index contributed by atoms with van der Waals surface area (Å²) in [4.78, 5) is 10.3. The van der Waals surface area contributed by atoms with E-state index in [1.807, 2.05) is 20.8 Å². The molecule has 0 bridgehead atoms. The van der Waals surface area contributed by atoms with Crippen molar-refractivity contribution in [2.75, 3.05) is 0 Å². The first-order valence-electron chi connectivity index (χ1n) is 3.82. The first-order chi connectivity index (χ1) is 5.24. The Labute approximate surface area is 73.0 Å². The smallest absolute Gasteiger partial charge is 0.0815 e. The number of aliphatic carboxylic acids is 1. The summed E-state index contributed by atoms with van der Waals surface area (Å²) in [6, 6.07) is 0. The second kappa shape index (κ2) is 3.72. The summed E-state index contributed by atoms with van der Waals surface area (Å²) >= 11 is 0. The van der Waals surface area contributed by atoms with Crippen molar-refractivity contribution in [2.45, 2.75) is 39.4 Å². The van der Waals surface area contributed by atoms with Gasteiger partial charge in [-0.1, -0.05) is 6.58 Å². The van der Waals surface area contributed by atoms with Gasteiger partial charge in [-0.15, -0.1) is 0 Å². The molecule has 0 aliphatic heterocycles. The highest BCUT2D eigenvalue weighted by Crippen LogP contribution is 2.14. The van der Waals surface area contributed by atoms with E-state index in [0.717, 1.165) is 0 Å². The lowest BCUT2D eigenvalue weighted by Gasteiger charge is -2.26. The van der Waals surface area contributed by atoms with Crippen LogP contribution in [-0.2, 0) is 9.53 Å². The minimum Gasteiger partial charge on any atom is -0.545 e. The minimum absolute atomic E-state index is 0.0232. The molecule has 0 aromatic rings. The highest BCUT2D eigenvalue weighted by atomic mass is 16.5. The molecular weight excluding hydrogens is 156 g/mol. The quantitative estimate of drug-likeness (QED) is 0.581. The largest absolute Gasteiger partial charge is 0.545 e. The monoisotopic (exact) mass is 171 g/mol. The first kappa shape index (κ1) is 11.2. The predicted octanol–water partition coefficient (Wildman–Crippen LogP) is 0.496.